The molecule has 3 aliphatic rings. The fraction of sp³-hybridized carbons (Fsp3) is 0.308. The lowest BCUT2D eigenvalue weighted by Gasteiger charge is -2.47. The van der Waals surface area contributed by atoms with E-state index in [1.165, 1.54) is 5.56 Å². The van der Waals surface area contributed by atoms with Gasteiger partial charge in [0, 0.05) is 42.2 Å². The van der Waals surface area contributed by atoms with Crippen LogP contribution in [0.5, 0.6) is 0 Å². The molecule has 150 valence electrons. The molecule has 4 nitrogen and oxygen atoms in total. The SMILES string of the molecule is O[C@]1(C#Cc2cnc(-c3cccnc3)cc2Cc2ccccc2)CN2CCC1CC2. The van der Waals surface area contributed by atoms with Gasteiger partial charge >= 0.3 is 0 Å². The van der Waals surface area contributed by atoms with E-state index in [4.69, 9.17) is 0 Å². The molecule has 0 unspecified atom stereocenters. The molecule has 5 heterocycles. The third-order valence-corrected chi connectivity index (χ3v) is 6.33. The number of aromatic nitrogens is 2. The Bertz CT molecular complexity index is 1080. The number of aliphatic hydroxyl groups is 1. The summed E-state index contributed by atoms with van der Waals surface area (Å²) in [7, 11) is 0. The summed E-state index contributed by atoms with van der Waals surface area (Å²) in [5.74, 6) is 6.82. The molecule has 0 radical (unpaired) electrons. The first-order chi connectivity index (χ1) is 14.7. The standard InChI is InChI=1S/C26H25N3O/c30-26(19-29-13-9-24(26)10-14-29)11-8-21-18-28-25(22-7-4-12-27-17-22)16-23(21)15-20-5-2-1-3-6-20/h1-7,12,16-18,24,30H,9-10,13-15,19H2/t26-/m1/s1. The Hall–Kier alpha value is -3.00. The van der Waals surface area contributed by atoms with Gasteiger partial charge in [-0.05, 0) is 61.7 Å². The van der Waals surface area contributed by atoms with Gasteiger partial charge in [0.15, 0.2) is 0 Å². The zero-order valence-corrected chi connectivity index (χ0v) is 17.0. The van der Waals surface area contributed by atoms with E-state index in [-0.39, 0.29) is 5.92 Å². The largest absolute Gasteiger partial charge is 0.376 e. The van der Waals surface area contributed by atoms with Crippen LogP contribution in [0.25, 0.3) is 11.3 Å². The number of nitrogens with zero attached hydrogens (tertiary/aromatic N) is 3. The summed E-state index contributed by atoms with van der Waals surface area (Å²) < 4.78 is 0. The van der Waals surface area contributed by atoms with Crippen molar-refractivity contribution < 1.29 is 5.11 Å². The van der Waals surface area contributed by atoms with E-state index in [2.05, 4.69) is 57.0 Å². The summed E-state index contributed by atoms with van der Waals surface area (Å²) in [5, 5.41) is 11.2. The first kappa shape index (κ1) is 19.0. The smallest absolute Gasteiger partial charge is 0.141 e. The summed E-state index contributed by atoms with van der Waals surface area (Å²) in [4.78, 5) is 11.2. The van der Waals surface area contributed by atoms with Crippen molar-refractivity contribution in [3.63, 3.8) is 0 Å². The van der Waals surface area contributed by atoms with Gasteiger partial charge in [0.2, 0.25) is 0 Å². The number of rotatable bonds is 3. The molecule has 0 spiro atoms. The van der Waals surface area contributed by atoms with Crippen LogP contribution < -0.4 is 0 Å². The molecule has 3 saturated heterocycles. The van der Waals surface area contributed by atoms with Crippen LogP contribution in [0.1, 0.15) is 29.5 Å². The van der Waals surface area contributed by atoms with E-state index >= 15 is 0 Å². The number of hydrogen-bond donors (Lipinski definition) is 1. The Kier molecular flexibility index (Phi) is 5.08. The van der Waals surface area contributed by atoms with Gasteiger partial charge in [-0.1, -0.05) is 42.2 Å². The maximum absolute atomic E-state index is 11.2. The zero-order chi connectivity index (χ0) is 20.4. The van der Waals surface area contributed by atoms with Crippen molar-refractivity contribution in [1.29, 1.82) is 0 Å². The molecule has 0 saturated carbocycles. The van der Waals surface area contributed by atoms with Gasteiger partial charge in [0.05, 0.1) is 5.69 Å². The number of pyridine rings is 2. The maximum atomic E-state index is 11.2. The van der Waals surface area contributed by atoms with Crippen LogP contribution in [0.3, 0.4) is 0 Å². The van der Waals surface area contributed by atoms with Crippen molar-refractivity contribution in [3.05, 3.63) is 83.8 Å². The predicted molar refractivity (Wildman–Crippen MR) is 118 cm³/mol. The number of hydrogen-bond acceptors (Lipinski definition) is 4. The highest BCUT2D eigenvalue weighted by atomic mass is 16.3. The first-order valence-electron chi connectivity index (χ1n) is 10.6. The molecule has 1 N–H and O–H groups in total. The van der Waals surface area contributed by atoms with Crippen molar-refractivity contribution in [1.82, 2.24) is 14.9 Å². The van der Waals surface area contributed by atoms with Gasteiger partial charge in [-0.3, -0.25) is 14.9 Å². The molecular weight excluding hydrogens is 370 g/mol. The molecule has 0 aliphatic carbocycles. The molecule has 3 fully saturated rings. The molecule has 0 amide bonds. The van der Waals surface area contributed by atoms with E-state index in [9.17, 15) is 5.11 Å². The van der Waals surface area contributed by atoms with E-state index in [0.717, 1.165) is 54.7 Å². The summed E-state index contributed by atoms with van der Waals surface area (Å²) in [6.45, 7) is 2.81. The van der Waals surface area contributed by atoms with Crippen LogP contribution in [-0.4, -0.2) is 45.2 Å². The summed E-state index contributed by atoms with van der Waals surface area (Å²) >= 11 is 0. The van der Waals surface area contributed by atoms with Crippen LogP contribution in [0.15, 0.2) is 67.1 Å². The highest BCUT2D eigenvalue weighted by Crippen LogP contribution is 2.35. The third-order valence-electron chi connectivity index (χ3n) is 6.33. The van der Waals surface area contributed by atoms with Crippen molar-refractivity contribution >= 4 is 0 Å². The Labute approximate surface area is 177 Å². The Morgan fingerprint density at radius 2 is 1.90 bits per heavy atom. The quantitative estimate of drug-likeness (QED) is 0.689. The van der Waals surface area contributed by atoms with Crippen molar-refractivity contribution in [3.8, 4) is 23.1 Å². The van der Waals surface area contributed by atoms with Crippen LogP contribution in [0.2, 0.25) is 0 Å². The maximum Gasteiger partial charge on any atom is 0.141 e. The van der Waals surface area contributed by atoms with Crippen molar-refractivity contribution in [2.75, 3.05) is 19.6 Å². The van der Waals surface area contributed by atoms with E-state index < -0.39 is 5.60 Å². The Morgan fingerprint density at radius 1 is 1.07 bits per heavy atom. The lowest BCUT2D eigenvalue weighted by atomic mass is 9.75. The van der Waals surface area contributed by atoms with Gasteiger partial charge in [-0.15, -0.1) is 0 Å². The van der Waals surface area contributed by atoms with Gasteiger partial charge in [-0.2, -0.15) is 0 Å². The summed E-state index contributed by atoms with van der Waals surface area (Å²) in [6.07, 6.45) is 8.27. The molecule has 6 rings (SSSR count). The van der Waals surface area contributed by atoms with E-state index in [1.807, 2.05) is 30.6 Å². The fourth-order valence-corrected chi connectivity index (χ4v) is 4.60. The van der Waals surface area contributed by atoms with Crippen molar-refractivity contribution in [2.45, 2.75) is 24.9 Å². The van der Waals surface area contributed by atoms with Crippen LogP contribution in [0.4, 0.5) is 0 Å². The van der Waals surface area contributed by atoms with Gasteiger partial charge in [0.1, 0.15) is 5.60 Å². The average Bonchev–Trinajstić information content (AvgIpc) is 2.80. The Morgan fingerprint density at radius 3 is 2.60 bits per heavy atom. The van der Waals surface area contributed by atoms with Crippen LogP contribution in [-0.2, 0) is 6.42 Å². The lowest BCUT2D eigenvalue weighted by Crippen LogP contribution is -2.58. The first-order valence-corrected chi connectivity index (χ1v) is 10.6. The molecule has 4 heteroatoms. The minimum absolute atomic E-state index is 0.273. The normalized spacial score (nSPS) is 24.8. The monoisotopic (exact) mass is 395 g/mol. The van der Waals surface area contributed by atoms with Gasteiger partial charge < -0.3 is 5.11 Å². The summed E-state index contributed by atoms with van der Waals surface area (Å²) in [5.41, 5.74) is 4.19. The van der Waals surface area contributed by atoms with Crippen LogP contribution in [0, 0.1) is 17.8 Å². The summed E-state index contributed by atoms with van der Waals surface area (Å²) in [6, 6.07) is 16.4. The molecule has 30 heavy (non-hydrogen) atoms. The molecule has 3 aromatic rings. The second-order valence-corrected chi connectivity index (χ2v) is 8.36. The zero-order valence-electron chi connectivity index (χ0n) is 17.0. The highest BCUT2D eigenvalue weighted by Gasteiger charge is 2.44. The van der Waals surface area contributed by atoms with Crippen LogP contribution >= 0.6 is 0 Å². The molecule has 2 aromatic heterocycles. The lowest BCUT2D eigenvalue weighted by molar-refractivity contribution is -0.0713. The number of fused-ring (bicyclic) bond motifs is 3. The molecule has 1 atom stereocenters. The second kappa shape index (κ2) is 8.02. The van der Waals surface area contributed by atoms with E-state index in [0.29, 0.717) is 6.54 Å². The van der Waals surface area contributed by atoms with Gasteiger partial charge in [0.25, 0.3) is 0 Å². The predicted octanol–water partition coefficient (Wildman–Crippen LogP) is 3.54. The second-order valence-electron chi connectivity index (χ2n) is 8.36. The topological polar surface area (TPSA) is 49.3 Å². The molecule has 1 aromatic carbocycles. The molecule has 3 aliphatic heterocycles. The van der Waals surface area contributed by atoms with Crippen molar-refractivity contribution in [2.24, 2.45) is 5.92 Å². The fourth-order valence-electron chi connectivity index (χ4n) is 4.60. The van der Waals surface area contributed by atoms with Gasteiger partial charge in [-0.25, -0.2) is 0 Å². The minimum atomic E-state index is -0.914. The third kappa shape index (κ3) is 3.87. The molecular formula is C26H25N3O. The highest BCUT2D eigenvalue weighted by molar-refractivity contribution is 5.61. The Balaban J connectivity index is 1.51. The average molecular weight is 396 g/mol. The molecule has 2 bridgehead atoms. The number of piperidine rings is 3. The number of benzene rings is 1. The van der Waals surface area contributed by atoms with E-state index in [1.54, 1.807) is 6.20 Å². The minimum Gasteiger partial charge on any atom is -0.376 e.